The fourth-order valence-electron chi connectivity index (χ4n) is 2.58. The van der Waals surface area contributed by atoms with Crippen molar-refractivity contribution in [1.29, 1.82) is 5.26 Å². The molecule has 0 spiro atoms. The molecule has 0 bridgehead atoms. The van der Waals surface area contributed by atoms with Crippen molar-refractivity contribution in [1.82, 2.24) is 14.7 Å². The van der Waals surface area contributed by atoms with Crippen molar-refractivity contribution < 1.29 is 5.11 Å². The normalized spacial score (nSPS) is 16.4. The van der Waals surface area contributed by atoms with Crippen molar-refractivity contribution in [3.8, 4) is 6.07 Å². The number of aromatic nitrogens is 2. The Morgan fingerprint density at radius 3 is 2.62 bits per heavy atom. The molecule has 7 nitrogen and oxygen atoms in total. The highest BCUT2D eigenvalue weighted by atomic mass is 16.3. The van der Waals surface area contributed by atoms with Crippen molar-refractivity contribution in [3.63, 3.8) is 0 Å². The number of nitrogens with zero attached hydrogens (tertiary/aromatic N) is 5. The highest BCUT2D eigenvalue weighted by molar-refractivity contribution is 5.65. The predicted octanol–water partition coefficient (Wildman–Crippen LogP) is 0.107. The smallest absolute Gasteiger partial charge is 0.170 e. The lowest BCUT2D eigenvalue weighted by Gasteiger charge is -2.31. The molecule has 0 aromatic carbocycles. The van der Waals surface area contributed by atoms with E-state index in [0.717, 1.165) is 32.5 Å². The number of nitrogen functional groups attached to an aromatic ring is 1. The van der Waals surface area contributed by atoms with Crippen LogP contribution in [0.1, 0.15) is 18.4 Å². The van der Waals surface area contributed by atoms with E-state index in [2.05, 4.69) is 21.0 Å². The summed E-state index contributed by atoms with van der Waals surface area (Å²) >= 11 is 0. The van der Waals surface area contributed by atoms with Gasteiger partial charge in [0.2, 0.25) is 0 Å². The van der Waals surface area contributed by atoms with Crippen molar-refractivity contribution in [2.75, 3.05) is 51.0 Å². The summed E-state index contributed by atoms with van der Waals surface area (Å²) < 4.78 is 1.71. The van der Waals surface area contributed by atoms with Gasteiger partial charge in [-0.15, -0.1) is 0 Å². The zero-order valence-electron chi connectivity index (χ0n) is 12.8. The molecule has 0 unspecified atom stereocenters. The molecule has 21 heavy (non-hydrogen) atoms. The fourth-order valence-corrected chi connectivity index (χ4v) is 2.58. The number of nitrogens with two attached hydrogens (primary N) is 1. The van der Waals surface area contributed by atoms with Crippen LogP contribution in [0.2, 0.25) is 0 Å². The summed E-state index contributed by atoms with van der Waals surface area (Å²) in [5.74, 6) is 1.49. The van der Waals surface area contributed by atoms with Crippen LogP contribution in [0.3, 0.4) is 0 Å². The maximum absolute atomic E-state index is 9.36. The second-order valence-electron chi connectivity index (χ2n) is 5.84. The molecule has 0 amide bonds. The van der Waals surface area contributed by atoms with E-state index in [9.17, 15) is 10.4 Å². The molecule has 1 aliphatic heterocycles. The van der Waals surface area contributed by atoms with Crippen LogP contribution in [0.25, 0.3) is 0 Å². The number of likely N-dealkylation sites (N-methyl/N-ethyl adjacent to an activating group) is 1. The first-order chi connectivity index (χ1) is 10.1. The van der Waals surface area contributed by atoms with E-state index in [0.29, 0.717) is 29.7 Å². The van der Waals surface area contributed by atoms with Crippen LogP contribution >= 0.6 is 0 Å². The Labute approximate surface area is 125 Å². The first kappa shape index (κ1) is 15.6. The van der Waals surface area contributed by atoms with Crippen molar-refractivity contribution in [2.24, 2.45) is 5.92 Å². The molecule has 0 radical (unpaired) electrons. The van der Waals surface area contributed by atoms with Gasteiger partial charge >= 0.3 is 0 Å². The highest BCUT2D eigenvalue weighted by Crippen LogP contribution is 2.28. The SMILES string of the molecule is CN(C)CCn1nc(N2CCC(CO)CC2)c(C#N)c1N. The summed E-state index contributed by atoms with van der Waals surface area (Å²) in [5.41, 5.74) is 6.52. The summed E-state index contributed by atoms with van der Waals surface area (Å²) in [4.78, 5) is 4.16. The van der Waals surface area contributed by atoms with Crippen LogP contribution in [0.15, 0.2) is 0 Å². The fraction of sp³-hybridized carbons (Fsp3) is 0.714. The Hall–Kier alpha value is -1.78. The molecule has 7 heteroatoms. The lowest BCUT2D eigenvalue weighted by atomic mass is 9.98. The van der Waals surface area contributed by atoms with E-state index in [1.54, 1.807) is 4.68 Å². The van der Waals surface area contributed by atoms with Gasteiger partial charge in [-0.3, -0.25) is 0 Å². The molecular weight excluding hydrogens is 268 g/mol. The third-order valence-corrected chi connectivity index (χ3v) is 4.02. The van der Waals surface area contributed by atoms with E-state index in [4.69, 9.17) is 5.73 Å². The molecule has 1 aromatic rings. The quantitative estimate of drug-likeness (QED) is 0.800. The molecule has 0 atom stereocenters. The van der Waals surface area contributed by atoms with Gasteiger partial charge in [0.05, 0.1) is 6.54 Å². The first-order valence-electron chi connectivity index (χ1n) is 7.33. The second kappa shape index (κ2) is 6.78. The van der Waals surface area contributed by atoms with Gasteiger partial charge in [-0.25, -0.2) is 4.68 Å². The minimum Gasteiger partial charge on any atom is -0.396 e. The standard InChI is InChI=1S/C14H24N6O/c1-18(2)7-8-20-13(16)12(9-15)14(17-20)19-5-3-11(10-21)4-6-19/h11,21H,3-8,10,16H2,1-2H3. The van der Waals surface area contributed by atoms with Gasteiger partial charge < -0.3 is 20.6 Å². The van der Waals surface area contributed by atoms with Crippen molar-refractivity contribution in [2.45, 2.75) is 19.4 Å². The molecule has 1 aromatic heterocycles. The molecule has 1 fully saturated rings. The topological polar surface area (TPSA) is 94.3 Å². The number of anilines is 2. The number of nitriles is 1. The number of rotatable bonds is 5. The Kier molecular flexibility index (Phi) is 5.04. The van der Waals surface area contributed by atoms with E-state index < -0.39 is 0 Å². The van der Waals surface area contributed by atoms with Gasteiger partial charge in [-0.2, -0.15) is 10.4 Å². The van der Waals surface area contributed by atoms with Gasteiger partial charge in [0.25, 0.3) is 0 Å². The predicted molar refractivity (Wildman–Crippen MR) is 81.9 cm³/mol. The van der Waals surface area contributed by atoms with Gasteiger partial charge in [-0.1, -0.05) is 0 Å². The third kappa shape index (κ3) is 3.46. The lowest BCUT2D eigenvalue weighted by Crippen LogP contribution is -2.35. The maximum Gasteiger partial charge on any atom is 0.170 e. The van der Waals surface area contributed by atoms with Crippen LogP contribution in [-0.4, -0.2) is 60.1 Å². The highest BCUT2D eigenvalue weighted by Gasteiger charge is 2.25. The van der Waals surface area contributed by atoms with Crippen LogP contribution in [-0.2, 0) is 6.54 Å². The molecular formula is C14H24N6O. The maximum atomic E-state index is 9.36. The van der Waals surface area contributed by atoms with E-state index in [1.165, 1.54) is 0 Å². The average molecular weight is 292 g/mol. The largest absolute Gasteiger partial charge is 0.396 e. The molecule has 1 aliphatic rings. The second-order valence-corrected chi connectivity index (χ2v) is 5.84. The van der Waals surface area contributed by atoms with Gasteiger partial charge in [0.15, 0.2) is 5.82 Å². The summed E-state index contributed by atoms with van der Waals surface area (Å²) in [6.45, 7) is 3.34. The van der Waals surface area contributed by atoms with E-state index in [1.807, 2.05) is 14.1 Å². The third-order valence-electron chi connectivity index (χ3n) is 4.02. The Balaban J connectivity index is 2.16. The van der Waals surface area contributed by atoms with Crippen molar-refractivity contribution in [3.05, 3.63) is 5.56 Å². The summed E-state index contributed by atoms with van der Waals surface area (Å²) in [5, 5.41) is 23.1. The van der Waals surface area contributed by atoms with E-state index in [-0.39, 0.29) is 6.61 Å². The van der Waals surface area contributed by atoms with Crippen LogP contribution in [0.4, 0.5) is 11.6 Å². The van der Waals surface area contributed by atoms with E-state index >= 15 is 0 Å². The molecule has 116 valence electrons. The van der Waals surface area contributed by atoms with Crippen LogP contribution in [0.5, 0.6) is 0 Å². The number of aliphatic hydroxyl groups excluding tert-OH is 1. The van der Waals surface area contributed by atoms with Crippen LogP contribution in [0, 0.1) is 17.2 Å². The average Bonchev–Trinajstić information content (AvgIpc) is 2.81. The Morgan fingerprint density at radius 2 is 2.10 bits per heavy atom. The van der Waals surface area contributed by atoms with Gasteiger partial charge in [0, 0.05) is 26.2 Å². The molecule has 0 saturated carbocycles. The van der Waals surface area contributed by atoms with Gasteiger partial charge in [-0.05, 0) is 32.9 Å². The Morgan fingerprint density at radius 1 is 1.43 bits per heavy atom. The number of hydrogen-bond donors (Lipinski definition) is 2. The number of hydrogen-bond acceptors (Lipinski definition) is 6. The summed E-state index contributed by atoms with van der Waals surface area (Å²) in [7, 11) is 3.98. The minimum atomic E-state index is 0.234. The number of piperidine rings is 1. The summed E-state index contributed by atoms with van der Waals surface area (Å²) in [6.07, 6.45) is 1.84. The molecule has 3 N–H and O–H groups in total. The first-order valence-corrected chi connectivity index (χ1v) is 7.33. The lowest BCUT2D eigenvalue weighted by molar-refractivity contribution is 0.202. The monoisotopic (exact) mass is 292 g/mol. The Bertz CT molecular complexity index is 510. The zero-order valence-corrected chi connectivity index (χ0v) is 12.8. The van der Waals surface area contributed by atoms with Crippen molar-refractivity contribution >= 4 is 11.6 Å². The van der Waals surface area contributed by atoms with Gasteiger partial charge in [0.1, 0.15) is 17.5 Å². The minimum absolute atomic E-state index is 0.234. The molecule has 1 saturated heterocycles. The molecule has 2 heterocycles. The van der Waals surface area contributed by atoms with Crippen LogP contribution < -0.4 is 10.6 Å². The zero-order chi connectivity index (χ0) is 15.4. The molecule has 0 aliphatic carbocycles. The molecule has 2 rings (SSSR count). The summed E-state index contributed by atoms with van der Waals surface area (Å²) in [6, 6.07) is 2.18. The number of aliphatic hydroxyl groups is 1.